The summed E-state index contributed by atoms with van der Waals surface area (Å²) in [7, 11) is 0. The van der Waals surface area contributed by atoms with Gasteiger partial charge in [-0.1, -0.05) is 18.2 Å². The Morgan fingerprint density at radius 1 is 1.14 bits per heavy atom. The molecular formula is C17H20FNO2. The summed E-state index contributed by atoms with van der Waals surface area (Å²) >= 11 is 0. The second-order valence-electron chi connectivity index (χ2n) is 5.15. The molecule has 0 bridgehead atoms. The molecule has 21 heavy (non-hydrogen) atoms. The van der Waals surface area contributed by atoms with Crippen LogP contribution in [-0.4, -0.2) is 24.4 Å². The third kappa shape index (κ3) is 4.76. The normalized spacial score (nSPS) is 12.0. The van der Waals surface area contributed by atoms with Gasteiger partial charge in [0.1, 0.15) is 24.3 Å². The van der Waals surface area contributed by atoms with E-state index in [1.807, 2.05) is 26.0 Å². The molecule has 0 aliphatic rings. The molecule has 112 valence electrons. The van der Waals surface area contributed by atoms with Crippen LogP contribution >= 0.6 is 0 Å². The predicted octanol–water partition coefficient (Wildman–Crippen LogP) is 3.29. The Bertz CT molecular complexity index is 581. The molecule has 2 aromatic rings. The van der Waals surface area contributed by atoms with E-state index in [2.05, 4.69) is 11.4 Å². The molecule has 0 saturated heterocycles. The first-order chi connectivity index (χ1) is 10.0. The lowest BCUT2D eigenvalue weighted by molar-refractivity contribution is 0.117. The summed E-state index contributed by atoms with van der Waals surface area (Å²) in [6.45, 7) is 4.38. The first-order valence-electron chi connectivity index (χ1n) is 6.92. The second kappa shape index (κ2) is 7.09. The quantitative estimate of drug-likeness (QED) is 0.857. The van der Waals surface area contributed by atoms with E-state index in [1.165, 1.54) is 6.07 Å². The Morgan fingerprint density at radius 3 is 2.48 bits per heavy atom. The number of hydrogen-bond donors (Lipinski definition) is 2. The molecule has 1 atom stereocenters. The number of halogens is 1. The van der Waals surface area contributed by atoms with Gasteiger partial charge in [0.05, 0.1) is 5.69 Å². The van der Waals surface area contributed by atoms with Gasteiger partial charge in [0.15, 0.2) is 0 Å². The summed E-state index contributed by atoms with van der Waals surface area (Å²) in [5.41, 5.74) is 2.61. The molecular weight excluding hydrogens is 269 g/mol. The molecule has 0 amide bonds. The number of benzene rings is 2. The number of nitrogens with one attached hydrogen (secondary N) is 1. The van der Waals surface area contributed by atoms with Gasteiger partial charge in [-0.25, -0.2) is 4.39 Å². The molecule has 0 aromatic heterocycles. The minimum absolute atomic E-state index is 0.157. The molecule has 2 rings (SSSR count). The van der Waals surface area contributed by atoms with Crippen LogP contribution in [0.1, 0.15) is 11.1 Å². The number of para-hydroxylation sites is 1. The van der Waals surface area contributed by atoms with Gasteiger partial charge < -0.3 is 15.2 Å². The molecule has 0 aliphatic heterocycles. The van der Waals surface area contributed by atoms with Crippen LogP contribution in [0.15, 0.2) is 42.5 Å². The second-order valence-corrected chi connectivity index (χ2v) is 5.15. The van der Waals surface area contributed by atoms with Crippen molar-refractivity contribution in [2.45, 2.75) is 20.0 Å². The summed E-state index contributed by atoms with van der Waals surface area (Å²) in [6.07, 6.45) is -0.717. The van der Waals surface area contributed by atoms with Crippen molar-refractivity contribution in [1.29, 1.82) is 0 Å². The smallest absolute Gasteiger partial charge is 0.146 e. The highest BCUT2D eigenvalue weighted by atomic mass is 19.1. The number of anilines is 1. The molecule has 0 spiro atoms. The number of aryl methyl sites for hydroxylation is 2. The standard InChI is InChI=1S/C17H20FNO2/c1-12-7-13(2)9-15(8-12)21-11-14(20)10-19-17-6-4-3-5-16(17)18/h3-9,14,19-20H,10-11H2,1-2H3. The van der Waals surface area contributed by atoms with Crippen molar-refractivity contribution >= 4 is 5.69 Å². The molecule has 1 unspecified atom stereocenters. The Kier molecular flexibility index (Phi) is 5.17. The van der Waals surface area contributed by atoms with E-state index < -0.39 is 6.10 Å². The Hall–Kier alpha value is -2.07. The number of aliphatic hydroxyl groups is 1. The van der Waals surface area contributed by atoms with E-state index in [0.717, 1.165) is 16.9 Å². The highest BCUT2D eigenvalue weighted by molar-refractivity contribution is 5.44. The van der Waals surface area contributed by atoms with Gasteiger partial charge in [-0.05, 0) is 49.2 Å². The van der Waals surface area contributed by atoms with Crippen molar-refractivity contribution in [3.05, 3.63) is 59.4 Å². The molecule has 0 heterocycles. The van der Waals surface area contributed by atoms with Crippen molar-refractivity contribution in [1.82, 2.24) is 0 Å². The lowest BCUT2D eigenvalue weighted by Gasteiger charge is -2.15. The average molecular weight is 289 g/mol. The fourth-order valence-corrected chi connectivity index (χ4v) is 2.10. The maximum absolute atomic E-state index is 13.4. The SMILES string of the molecule is Cc1cc(C)cc(OCC(O)CNc2ccccc2F)c1. The van der Waals surface area contributed by atoms with Crippen LogP contribution in [0, 0.1) is 19.7 Å². The minimum Gasteiger partial charge on any atom is -0.491 e. The van der Waals surface area contributed by atoms with E-state index in [0.29, 0.717) is 5.69 Å². The molecule has 2 aromatic carbocycles. The van der Waals surface area contributed by atoms with E-state index in [4.69, 9.17) is 4.74 Å². The van der Waals surface area contributed by atoms with E-state index >= 15 is 0 Å². The third-order valence-corrected chi connectivity index (χ3v) is 3.04. The van der Waals surface area contributed by atoms with Crippen LogP contribution in [-0.2, 0) is 0 Å². The maximum Gasteiger partial charge on any atom is 0.146 e. The van der Waals surface area contributed by atoms with Crippen molar-refractivity contribution < 1.29 is 14.2 Å². The summed E-state index contributed by atoms with van der Waals surface area (Å²) in [5.74, 6) is 0.400. The molecule has 0 radical (unpaired) electrons. The van der Waals surface area contributed by atoms with E-state index in [-0.39, 0.29) is 19.0 Å². The van der Waals surface area contributed by atoms with Gasteiger partial charge in [-0.15, -0.1) is 0 Å². The predicted molar refractivity (Wildman–Crippen MR) is 82.3 cm³/mol. The van der Waals surface area contributed by atoms with Crippen molar-refractivity contribution in [3.8, 4) is 5.75 Å². The van der Waals surface area contributed by atoms with E-state index in [1.54, 1.807) is 18.2 Å². The molecule has 0 saturated carbocycles. The zero-order valence-corrected chi connectivity index (χ0v) is 12.3. The zero-order chi connectivity index (χ0) is 15.2. The zero-order valence-electron chi connectivity index (χ0n) is 12.3. The van der Waals surface area contributed by atoms with Gasteiger partial charge >= 0.3 is 0 Å². The van der Waals surface area contributed by atoms with Crippen LogP contribution in [0.4, 0.5) is 10.1 Å². The summed E-state index contributed by atoms with van der Waals surface area (Å²) in [6, 6.07) is 12.3. The Balaban J connectivity index is 1.82. The van der Waals surface area contributed by atoms with Gasteiger partial charge in [-0.3, -0.25) is 0 Å². The fraction of sp³-hybridized carbons (Fsp3) is 0.294. The van der Waals surface area contributed by atoms with Gasteiger partial charge in [0.2, 0.25) is 0 Å². The van der Waals surface area contributed by atoms with Gasteiger partial charge in [-0.2, -0.15) is 0 Å². The number of aliphatic hydroxyl groups excluding tert-OH is 1. The molecule has 3 nitrogen and oxygen atoms in total. The molecule has 0 aliphatic carbocycles. The summed E-state index contributed by atoms with van der Waals surface area (Å²) in [4.78, 5) is 0. The lowest BCUT2D eigenvalue weighted by Crippen LogP contribution is -2.26. The lowest BCUT2D eigenvalue weighted by atomic mass is 10.1. The van der Waals surface area contributed by atoms with Crippen molar-refractivity contribution in [2.75, 3.05) is 18.5 Å². The minimum atomic E-state index is -0.717. The highest BCUT2D eigenvalue weighted by Crippen LogP contribution is 2.16. The summed E-state index contributed by atoms with van der Waals surface area (Å²) in [5, 5.41) is 12.8. The monoisotopic (exact) mass is 289 g/mol. The van der Waals surface area contributed by atoms with Crippen LogP contribution in [0.5, 0.6) is 5.75 Å². The summed E-state index contributed by atoms with van der Waals surface area (Å²) < 4.78 is 19.0. The van der Waals surface area contributed by atoms with Crippen LogP contribution < -0.4 is 10.1 Å². The molecule has 2 N–H and O–H groups in total. The first-order valence-corrected chi connectivity index (χ1v) is 6.92. The highest BCUT2D eigenvalue weighted by Gasteiger charge is 2.07. The number of hydrogen-bond acceptors (Lipinski definition) is 3. The van der Waals surface area contributed by atoms with Crippen LogP contribution in [0.3, 0.4) is 0 Å². The number of ether oxygens (including phenoxy) is 1. The Morgan fingerprint density at radius 2 is 1.81 bits per heavy atom. The fourth-order valence-electron chi connectivity index (χ4n) is 2.10. The maximum atomic E-state index is 13.4. The molecule has 4 heteroatoms. The van der Waals surface area contributed by atoms with E-state index in [9.17, 15) is 9.50 Å². The van der Waals surface area contributed by atoms with Crippen LogP contribution in [0.2, 0.25) is 0 Å². The number of rotatable bonds is 6. The van der Waals surface area contributed by atoms with Crippen molar-refractivity contribution in [2.24, 2.45) is 0 Å². The first kappa shape index (κ1) is 15.3. The topological polar surface area (TPSA) is 41.5 Å². The van der Waals surface area contributed by atoms with Crippen molar-refractivity contribution in [3.63, 3.8) is 0 Å². The van der Waals surface area contributed by atoms with Gasteiger partial charge in [0, 0.05) is 6.54 Å². The van der Waals surface area contributed by atoms with Gasteiger partial charge in [0.25, 0.3) is 0 Å². The third-order valence-electron chi connectivity index (χ3n) is 3.04. The Labute approximate surface area is 124 Å². The molecule has 0 fully saturated rings. The van der Waals surface area contributed by atoms with Crippen LogP contribution in [0.25, 0.3) is 0 Å². The average Bonchev–Trinajstić information content (AvgIpc) is 2.43. The largest absolute Gasteiger partial charge is 0.491 e.